The van der Waals surface area contributed by atoms with Crippen molar-refractivity contribution in [3.05, 3.63) is 51.9 Å². The molecule has 0 aliphatic rings. The molecule has 0 saturated carbocycles. The van der Waals surface area contributed by atoms with Gasteiger partial charge in [0.25, 0.3) is 0 Å². The maximum absolute atomic E-state index is 13.2. The molecule has 16 heavy (non-hydrogen) atoms. The number of halogens is 2. The number of rotatable bonds is 2. The monoisotopic (exact) mass is 329 g/mol. The van der Waals surface area contributed by atoms with E-state index < -0.39 is 5.82 Å². The fourth-order valence-corrected chi connectivity index (χ4v) is 1.78. The molecule has 0 spiro atoms. The van der Waals surface area contributed by atoms with Crippen molar-refractivity contribution in [3.8, 4) is 11.5 Å². The van der Waals surface area contributed by atoms with Crippen LogP contribution in [0.15, 0.2) is 42.5 Å². The van der Waals surface area contributed by atoms with Crippen molar-refractivity contribution in [2.45, 2.75) is 0 Å². The summed E-state index contributed by atoms with van der Waals surface area (Å²) in [6.07, 6.45) is 0. The van der Waals surface area contributed by atoms with Gasteiger partial charge in [0.2, 0.25) is 0 Å². The van der Waals surface area contributed by atoms with Gasteiger partial charge in [-0.05, 0) is 52.9 Å². The van der Waals surface area contributed by atoms with E-state index in [1.54, 1.807) is 18.2 Å². The van der Waals surface area contributed by atoms with Gasteiger partial charge in [-0.1, -0.05) is 12.1 Å². The normalized spacial score (nSPS) is 10.1. The van der Waals surface area contributed by atoms with Gasteiger partial charge in [0.05, 0.1) is 0 Å². The number of benzene rings is 2. The number of hydrogen-bond acceptors (Lipinski definition) is 2. The molecule has 0 amide bonds. The Morgan fingerprint density at radius 2 is 1.88 bits per heavy atom. The van der Waals surface area contributed by atoms with Gasteiger partial charge in [-0.15, -0.1) is 0 Å². The molecule has 0 unspecified atom stereocenters. The third-order valence-electron chi connectivity index (χ3n) is 2.04. The summed E-state index contributed by atoms with van der Waals surface area (Å²) in [5.74, 6) is 0.509. The summed E-state index contributed by atoms with van der Waals surface area (Å²) in [6, 6.07) is 12.0. The summed E-state index contributed by atoms with van der Waals surface area (Å²) < 4.78 is 19.7. The van der Waals surface area contributed by atoms with Crippen LogP contribution in [0.25, 0.3) is 0 Å². The Bertz CT molecular complexity index is 516. The minimum Gasteiger partial charge on any atom is -0.455 e. The summed E-state index contributed by atoms with van der Waals surface area (Å²) in [6.45, 7) is 0. The van der Waals surface area contributed by atoms with Crippen molar-refractivity contribution in [1.29, 1.82) is 0 Å². The summed E-state index contributed by atoms with van der Waals surface area (Å²) in [5.41, 5.74) is 5.60. The van der Waals surface area contributed by atoms with E-state index in [0.29, 0.717) is 11.5 Å². The Labute approximate surface area is 106 Å². The zero-order chi connectivity index (χ0) is 11.5. The lowest BCUT2D eigenvalue weighted by atomic mass is 10.3. The van der Waals surface area contributed by atoms with Crippen molar-refractivity contribution >= 4 is 28.3 Å². The highest BCUT2D eigenvalue weighted by Gasteiger charge is 2.06. The molecular weight excluding hydrogens is 320 g/mol. The van der Waals surface area contributed by atoms with E-state index in [0.717, 1.165) is 3.57 Å². The van der Waals surface area contributed by atoms with Crippen LogP contribution in [0.2, 0.25) is 0 Å². The van der Waals surface area contributed by atoms with Crippen LogP contribution in [-0.2, 0) is 0 Å². The number of anilines is 1. The zero-order valence-electron chi connectivity index (χ0n) is 8.28. The quantitative estimate of drug-likeness (QED) is 0.672. The first kappa shape index (κ1) is 11.2. The van der Waals surface area contributed by atoms with Crippen LogP contribution < -0.4 is 10.5 Å². The van der Waals surface area contributed by atoms with Crippen LogP contribution in [0.5, 0.6) is 11.5 Å². The van der Waals surface area contributed by atoms with Crippen LogP contribution in [-0.4, -0.2) is 0 Å². The first-order valence-corrected chi connectivity index (χ1v) is 5.72. The highest BCUT2D eigenvalue weighted by Crippen LogP contribution is 2.29. The molecule has 2 rings (SSSR count). The fraction of sp³-hybridized carbons (Fsp3) is 0. The van der Waals surface area contributed by atoms with Crippen molar-refractivity contribution < 1.29 is 9.13 Å². The second-order valence-corrected chi connectivity index (χ2v) is 4.46. The van der Waals surface area contributed by atoms with Crippen LogP contribution in [0, 0.1) is 9.39 Å². The molecule has 0 fully saturated rings. The number of para-hydroxylation sites is 1. The summed E-state index contributed by atoms with van der Waals surface area (Å²) in [5, 5.41) is 0. The molecule has 0 saturated heterocycles. The minimum absolute atomic E-state index is 0.0290. The van der Waals surface area contributed by atoms with Gasteiger partial charge in [0, 0.05) is 3.57 Å². The predicted molar refractivity (Wildman–Crippen MR) is 70.0 cm³/mol. The molecule has 2 N–H and O–H groups in total. The van der Waals surface area contributed by atoms with Crippen molar-refractivity contribution in [3.63, 3.8) is 0 Å². The summed E-state index contributed by atoms with van der Waals surface area (Å²) in [7, 11) is 0. The van der Waals surface area contributed by atoms with E-state index in [9.17, 15) is 4.39 Å². The topological polar surface area (TPSA) is 35.2 Å². The van der Waals surface area contributed by atoms with Crippen LogP contribution in [0.1, 0.15) is 0 Å². The third-order valence-corrected chi connectivity index (χ3v) is 2.71. The van der Waals surface area contributed by atoms with E-state index in [2.05, 4.69) is 22.6 Å². The molecule has 0 radical (unpaired) electrons. The molecule has 0 aliphatic heterocycles. The van der Waals surface area contributed by atoms with E-state index in [1.165, 1.54) is 6.07 Å². The van der Waals surface area contributed by atoms with Gasteiger partial charge < -0.3 is 10.5 Å². The number of ether oxygens (including phenoxy) is 1. The van der Waals surface area contributed by atoms with E-state index >= 15 is 0 Å². The first-order valence-electron chi connectivity index (χ1n) is 4.64. The Morgan fingerprint density at radius 1 is 1.12 bits per heavy atom. The van der Waals surface area contributed by atoms with Gasteiger partial charge in [0.1, 0.15) is 17.3 Å². The molecule has 0 bridgehead atoms. The first-order chi connectivity index (χ1) is 7.66. The molecule has 0 aromatic heterocycles. The molecule has 82 valence electrons. The predicted octanol–water partition coefficient (Wildman–Crippen LogP) is 3.80. The molecule has 0 atom stereocenters. The fourth-order valence-electron chi connectivity index (χ4n) is 1.26. The van der Waals surface area contributed by atoms with E-state index in [-0.39, 0.29) is 5.69 Å². The third kappa shape index (κ3) is 2.44. The Balaban J connectivity index is 2.31. The van der Waals surface area contributed by atoms with Gasteiger partial charge in [-0.25, -0.2) is 4.39 Å². The van der Waals surface area contributed by atoms with Crippen molar-refractivity contribution in [1.82, 2.24) is 0 Å². The lowest BCUT2D eigenvalue weighted by molar-refractivity contribution is 0.480. The van der Waals surface area contributed by atoms with Crippen LogP contribution in [0.3, 0.4) is 0 Å². The number of nitrogens with two attached hydrogens (primary N) is 1. The molecule has 0 aliphatic carbocycles. The molecule has 4 heteroatoms. The minimum atomic E-state index is -0.469. The summed E-state index contributed by atoms with van der Waals surface area (Å²) >= 11 is 2.18. The lowest BCUT2D eigenvalue weighted by Gasteiger charge is -2.08. The van der Waals surface area contributed by atoms with Crippen molar-refractivity contribution in [2.75, 3.05) is 5.73 Å². The summed E-state index contributed by atoms with van der Waals surface area (Å²) in [4.78, 5) is 0. The Kier molecular flexibility index (Phi) is 3.28. The second-order valence-electron chi connectivity index (χ2n) is 3.21. The largest absolute Gasteiger partial charge is 0.455 e. The average molecular weight is 329 g/mol. The maximum Gasteiger partial charge on any atom is 0.153 e. The van der Waals surface area contributed by atoms with Gasteiger partial charge >= 0.3 is 0 Å². The zero-order valence-corrected chi connectivity index (χ0v) is 10.4. The highest BCUT2D eigenvalue weighted by molar-refractivity contribution is 14.1. The SMILES string of the molecule is Nc1c(F)cccc1Oc1cccc(I)c1. The standard InChI is InChI=1S/C12H9FINO/c13-10-5-2-6-11(12(10)15)16-9-4-1-3-8(14)7-9/h1-7H,15H2. The Hall–Kier alpha value is -1.30. The number of hydrogen-bond donors (Lipinski definition) is 1. The smallest absolute Gasteiger partial charge is 0.153 e. The van der Waals surface area contributed by atoms with Gasteiger partial charge in [-0.2, -0.15) is 0 Å². The molecule has 2 aromatic rings. The lowest BCUT2D eigenvalue weighted by Crippen LogP contribution is -1.95. The van der Waals surface area contributed by atoms with Crippen LogP contribution >= 0.6 is 22.6 Å². The molecule has 2 aromatic carbocycles. The van der Waals surface area contributed by atoms with E-state index in [1.807, 2.05) is 18.2 Å². The molecule has 0 heterocycles. The number of nitrogen functional groups attached to an aromatic ring is 1. The second kappa shape index (κ2) is 4.69. The average Bonchev–Trinajstić information content (AvgIpc) is 2.25. The molecule has 2 nitrogen and oxygen atoms in total. The van der Waals surface area contributed by atoms with E-state index in [4.69, 9.17) is 10.5 Å². The van der Waals surface area contributed by atoms with Gasteiger partial charge in [0.15, 0.2) is 5.75 Å². The molecular formula is C12H9FINO. The maximum atomic E-state index is 13.2. The highest BCUT2D eigenvalue weighted by atomic mass is 127. The van der Waals surface area contributed by atoms with Crippen LogP contribution in [0.4, 0.5) is 10.1 Å². The van der Waals surface area contributed by atoms with Gasteiger partial charge in [-0.3, -0.25) is 0 Å². The van der Waals surface area contributed by atoms with Crippen molar-refractivity contribution in [2.24, 2.45) is 0 Å². The Morgan fingerprint density at radius 3 is 2.62 bits per heavy atom.